The molecule has 17 heavy (non-hydrogen) atoms. The van der Waals surface area contributed by atoms with Crippen LogP contribution in [0.2, 0.25) is 0 Å². The Morgan fingerprint density at radius 3 is 3.24 bits per heavy atom. The summed E-state index contributed by atoms with van der Waals surface area (Å²) >= 11 is 1.52. The van der Waals surface area contributed by atoms with Gasteiger partial charge >= 0.3 is 0 Å². The zero-order valence-electron chi connectivity index (χ0n) is 9.98. The van der Waals surface area contributed by atoms with Crippen molar-refractivity contribution in [3.63, 3.8) is 0 Å². The number of hydrogen-bond donors (Lipinski definition) is 2. The predicted octanol–water partition coefficient (Wildman–Crippen LogP) is 1.12. The average molecular weight is 254 g/mol. The number of nitrogens with two attached hydrogens (primary N) is 1. The number of amides is 1. The Morgan fingerprint density at radius 2 is 2.53 bits per heavy atom. The van der Waals surface area contributed by atoms with Crippen molar-refractivity contribution in [2.75, 3.05) is 6.54 Å². The van der Waals surface area contributed by atoms with E-state index in [1.807, 2.05) is 0 Å². The summed E-state index contributed by atoms with van der Waals surface area (Å²) in [5, 5.41) is 2.74. The van der Waals surface area contributed by atoms with Crippen molar-refractivity contribution in [2.45, 2.75) is 38.8 Å². The molecular weight excluding hydrogens is 236 g/mol. The lowest BCUT2D eigenvalue weighted by Gasteiger charge is -2.32. The quantitative estimate of drug-likeness (QED) is 0.482. The Hall–Kier alpha value is -0.980. The smallest absolute Gasteiger partial charge is 0.284 e. The Balaban J connectivity index is 1.98. The SMILES string of the molecule is CC1CCCCN1Cc1nc(C(=O)NN)cs1. The van der Waals surface area contributed by atoms with Gasteiger partial charge in [-0.2, -0.15) is 0 Å². The normalized spacial score (nSPS) is 21.4. The molecule has 2 rings (SSSR count). The van der Waals surface area contributed by atoms with Crippen LogP contribution < -0.4 is 11.3 Å². The number of piperidine rings is 1. The highest BCUT2D eigenvalue weighted by atomic mass is 32.1. The van der Waals surface area contributed by atoms with Crippen molar-refractivity contribution in [3.8, 4) is 0 Å². The van der Waals surface area contributed by atoms with Gasteiger partial charge in [-0.05, 0) is 26.3 Å². The summed E-state index contributed by atoms with van der Waals surface area (Å²) in [7, 11) is 0. The Morgan fingerprint density at radius 1 is 1.71 bits per heavy atom. The molecule has 1 aromatic heterocycles. The zero-order valence-corrected chi connectivity index (χ0v) is 10.8. The van der Waals surface area contributed by atoms with Crippen LogP contribution in [0.15, 0.2) is 5.38 Å². The largest absolute Gasteiger partial charge is 0.294 e. The van der Waals surface area contributed by atoms with Crippen LogP contribution in [-0.4, -0.2) is 28.4 Å². The first kappa shape index (κ1) is 12.5. The maximum absolute atomic E-state index is 11.3. The summed E-state index contributed by atoms with van der Waals surface area (Å²) in [6.07, 6.45) is 3.82. The number of thiazole rings is 1. The summed E-state index contributed by atoms with van der Waals surface area (Å²) in [6.45, 7) is 4.21. The van der Waals surface area contributed by atoms with E-state index in [-0.39, 0.29) is 5.91 Å². The predicted molar refractivity (Wildman–Crippen MR) is 67.5 cm³/mol. The molecule has 6 heteroatoms. The van der Waals surface area contributed by atoms with Gasteiger partial charge in [-0.3, -0.25) is 15.1 Å². The van der Waals surface area contributed by atoms with Crippen LogP contribution in [0.5, 0.6) is 0 Å². The van der Waals surface area contributed by atoms with Crippen LogP contribution >= 0.6 is 11.3 Å². The molecule has 1 aliphatic rings. The lowest BCUT2D eigenvalue weighted by atomic mass is 10.0. The van der Waals surface area contributed by atoms with E-state index < -0.39 is 0 Å². The molecule has 0 bridgehead atoms. The minimum atomic E-state index is -0.320. The average Bonchev–Trinajstić information content (AvgIpc) is 2.80. The summed E-state index contributed by atoms with van der Waals surface area (Å²) in [5.41, 5.74) is 2.51. The molecule has 1 atom stereocenters. The van der Waals surface area contributed by atoms with E-state index in [9.17, 15) is 4.79 Å². The molecule has 94 valence electrons. The van der Waals surface area contributed by atoms with Crippen LogP contribution in [0.3, 0.4) is 0 Å². The van der Waals surface area contributed by atoms with Crippen LogP contribution in [0.4, 0.5) is 0 Å². The first-order valence-corrected chi connectivity index (χ1v) is 6.78. The van der Waals surface area contributed by atoms with Gasteiger partial charge in [0, 0.05) is 11.4 Å². The molecule has 3 N–H and O–H groups in total. The van der Waals surface area contributed by atoms with E-state index in [1.165, 1.54) is 30.6 Å². The molecule has 1 amide bonds. The molecule has 0 saturated carbocycles. The molecule has 2 heterocycles. The third kappa shape index (κ3) is 3.02. The van der Waals surface area contributed by atoms with Crippen molar-refractivity contribution in [2.24, 2.45) is 5.84 Å². The van der Waals surface area contributed by atoms with E-state index in [0.29, 0.717) is 11.7 Å². The van der Waals surface area contributed by atoms with Gasteiger partial charge in [0.1, 0.15) is 10.7 Å². The van der Waals surface area contributed by atoms with E-state index >= 15 is 0 Å². The number of hydrazine groups is 1. The number of nitrogens with one attached hydrogen (secondary N) is 1. The zero-order chi connectivity index (χ0) is 12.3. The molecule has 1 fully saturated rings. The molecule has 0 spiro atoms. The highest BCUT2D eigenvalue weighted by Gasteiger charge is 2.19. The molecular formula is C11H18N4OS. The van der Waals surface area contributed by atoms with Crippen LogP contribution in [0, 0.1) is 0 Å². The second kappa shape index (κ2) is 5.57. The Kier molecular flexibility index (Phi) is 4.09. The summed E-state index contributed by atoms with van der Waals surface area (Å²) in [6, 6.07) is 0.611. The first-order valence-electron chi connectivity index (χ1n) is 5.90. The molecule has 1 aliphatic heterocycles. The molecule has 5 nitrogen and oxygen atoms in total. The third-order valence-corrected chi connectivity index (χ3v) is 4.03. The molecule has 0 radical (unpaired) electrons. The van der Waals surface area contributed by atoms with Crippen molar-refractivity contribution >= 4 is 17.2 Å². The van der Waals surface area contributed by atoms with Crippen molar-refractivity contribution < 1.29 is 4.79 Å². The summed E-state index contributed by atoms with van der Waals surface area (Å²) in [4.78, 5) is 18.0. The number of nitrogens with zero attached hydrogens (tertiary/aromatic N) is 2. The fourth-order valence-corrected chi connectivity index (χ4v) is 2.93. The van der Waals surface area contributed by atoms with E-state index in [1.54, 1.807) is 5.38 Å². The minimum absolute atomic E-state index is 0.320. The second-order valence-electron chi connectivity index (χ2n) is 4.42. The molecule has 1 unspecified atom stereocenters. The van der Waals surface area contributed by atoms with Gasteiger partial charge in [0.25, 0.3) is 5.91 Å². The van der Waals surface area contributed by atoms with E-state index in [0.717, 1.165) is 18.1 Å². The molecule has 1 saturated heterocycles. The third-order valence-electron chi connectivity index (χ3n) is 3.19. The number of hydrogen-bond acceptors (Lipinski definition) is 5. The Labute approximate surface area is 105 Å². The van der Waals surface area contributed by atoms with Crippen LogP contribution in [-0.2, 0) is 6.54 Å². The van der Waals surface area contributed by atoms with Gasteiger partial charge in [-0.25, -0.2) is 10.8 Å². The number of nitrogen functional groups attached to an aromatic ring is 1. The lowest BCUT2D eigenvalue weighted by Crippen LogP contribution is -2.36. The fraction of sp³-hybridized carbons (Fsp3) is 0.636. The number of rotatable bonds is 3. The highest BCUT2D eigenvalue weighted by Crippen LogP contribution is 2.20. The molecule has 0 aromatic carbocycles. The van der Waals surface area contributed by atoms with E-state index in [4.69, 9.17) is 5.84 Å². The number of carbonyl (C=O) groups excluding carboxylic acids is 1. The van der Waals surface area contributed by atoms with Gasteiger partial charge in [0.15, 0.2) is 0 Å². The summed E-state index contributed by atoms with van der Waals surface area (Å²) in [5.74, 6) is 4.75. The van der Waals surface area contributed by atoms with Gasteiger partial charge in [-0.1, -0.05) is 6.42 Å². The van der Waals surface area contributed by atoms with Gasteiger partial charge in [-0.15, -0.1) is 11.3 Å². The number of likely N-dealkylation sites (tertiary alicyclic amines) is 1. The minimum Gasteiger partial charge on any atom is -0.294 e. The van der Waals surface area contributed by atoms with Crippen molar-refractivity contribution in [1.29, 1.82) is 0 Å². The maximum Gasteiger partial charge on any atom is 0.284 e. The second-order valence-corrected chi connectivity index (χ2v) is 5.36. The number of carbonyl (C=O) groups is 1. The lowest BCUT2D eigenvalue weighted by molar-refractivity contribution is 0.0948. The Bertz CT molecular complexity index is 393. The topological polar surface area (TPSA) is 71.2 Å². The van der Waals surface area contributed by atoms with Crippen LogP contribution in [0.25, 0.3) is 0 Å². The standard InChI is InChI=1S/C11H18N4OS/c1-8-4-2-3-5-15(8)6-10-13-9(7-17-10)11(16)14-12/h7-8H,2-6,12H2,1H3,(H,14,16). The fourth-order valence-electron chi connectivity index (χ4n) is 2.13. The first-order chi connectivity index (χ1) is 8.20. The van der Waals surface area contributed by atoms with Gasteiger partial charge in [0.2, 0.25) is 0 Å². The maximum atomic E-state index is 11.3. The highest BCUT2D eigenvalue weighted by molar-refractivity contribution is 7.09. The van der Waals surface area contributed by atoms with Crippen molar-refractivity contribution in [3.05, 3.63) is 16.1 Å². The molecule has 1 aromatic rings. The van der Waals surface area contributed by atoms with Gasteiger partial charge in [0.05, 0.1) is 6.54 Å². The van der Waals surface area contributed by atoms with Crippen molar-refractivity contribution in [1.82, 2.24) is 15.3 Å². The summed E-state index contributed by atoms with van der Waals surface area (Å²) < 4.78 is 0. The van der Waals surface area contributed by atoms with Crippen LogP contribution in [0.1, 0.15) is 41.7 Å². The monoisotopic (exact) mass is 254 g/mol. The van der Waals surface area contributed by atoms with E-state index in [2.05, 4.69) is 22.2 Å². The number of aromatic nitrogens is 1. The molecule has 0 aliphatic carbocycles. The van der Waals surface area contributed by atoms with Gasteiger partial charge < -0.3 is 0 Å².